The highest BCUT2D eigenvalue weighted by Gasteiger charge is 2.51. The third kappa shape index (κ3) is 12.8. The van der Waals surface area contributed by atoms with E-state index in [4.69, 9.17) is 22.6 Å². The molecule has 0 radical (unpaired) electrons. The van der Waals surface area contributed by atoms with Gasteiger partial charge in [-0.15, -0.1) is 23.5 Å². The lowest BCUT2D eigenvalue weighted by molar-refractivity contribution is -0.135. The minimum atomic E-state index is -1.29. The predicted octanol–water partition coefficient (Wildman–Crippen LogP) is -0.478. The molecule has 6 rings (SSSR count). The van der Waals surface area contributed by atoms with Gasteiger partial charge in [-0.3, -0.25) is 29.4 Å². The molecule has 7 amide bonds. The van der Waals surface area contributed by atoms with E-state index in [2.05, 4.69) is 46.9 Å². The Morgan fingerprint density at radius 3 is 2.42 bits per heavy atom. The van der Waals surface area contributed by atoms with Crippen LogP contribution in [0.5, 0.6) is 0 Å². The van der Waals surface area contributed by atoms with Crippen molar-refractivity contribution in [1.82, 2.24) is 51.8 Å². The summed E-state index contributed by atoms with van der Waals surface area (Å²) in [5, 5.41) is 25.6. The molecule has 0 saturated carbocycles. The summed E-state index contributed by atoms with van der Waals surface area (Å²) in [5.41, 5.74) is 21.2. The number of primary amides is 1. The average Bonchev–Trinajstić information content (AvgIpc) is 3.97. The number of rotatable bonds is 23. The summed E-state index contributed by atoms with van der Waals surface area (Å²) in [4.78, 5) is 93.1. The van der Waals surface area contributed by atoms with Gasteiger partial charge in [0.05, 0.1) is 17.0 Å². The topological polar surface area (TPSA) is 324 Å². The number of urea groups is 1. The van der Waals surface area contributed by atoms with Gasteiger partial charge in [-0.2, -0.15) is 0 Å². The second-order valence-electron chi connectivity index (χ2n) is 15.9. The minimum Gasteiger partial charge on any atom is -0.370 e. The first-order valence-corrected chi connectivity index (χ1v) is 23.1. The number of amides is 7. The van der Waals surface area contributed by atoms with Gasteiger partial charge in [-0.05, 0) is 43.4 Å². The van der Waals surface area contributed by atoms with Gasteiger partial charge in [-0.25, -0.2) is 14.7 Å². The Bertz CT molecular complexity index is 2260. The summed E-state index contributed by atoms with van der Waals surface area (Å²) < 4.78 is -0.739. The SMILES string of the molecule is C[C@H](Cc1cnc[nH]1)NC(=O)[C@H]1C(SC[C@H](NC(=O)[C@H](Cc2c[nH]c3ccccc23)NC(=O)[C@H](CCCNC(=N)N)NC[C@H](N)Cc2ccccc2)C(N)=O)SC[C@@H]2NC(=O)N1C2=O. The van der Waals surface area contributed by atoms with Crippen molar-refractivity contribution in [2.75, 3.05) is 24.6 Å². The van der Waals surface area contributed by atoms with Crippen LogP contribution < -0.4 is 49.1 Å². The van der Waals surface area contributed by atoms with E-state index >= 15 is 0 Å². The van der Waals surface area contributed by atoms with E-state index in [-0.39, 0.29) is 36.5 Å². The highest BCUT2D eigenvalue weighted by atomic mass is 32.2. The Morgan fingerprint density at radius 2 is 1.69 bits per heavy atom. The molecular weight excluding hydrogens is 861 g/mol. The normalized spacial score (nSPS) is 19.4. The van der Waals surface area contributed by atoms with Crippen LogP contribution >= 0.6 is 23.5 Å². The lowest BCUT2D eigenvalue weighted by Crippen LogP contribution is -2.58. The number of guanidine groups is 1. The molecule has 64 heavy (non-hydrogen) atoms. The van der Waals surface area contributed by atoms with E-state index in [1.165, 1.54) is 18.1 Å². The van der Waals surface area contributed by atoms with Crippen molar-refractivity contribution in [3.8, 4) is 0 Å². The summed E-state index contributed by atoms with van der Waals surface area (Å²) in [6.45, 7) is 2.39. The quantitative estimate of drug-likeness (QED) is 0.0194. The first-order valence-electron chi connectivity index (χ1n) is 21.0. The predicted molar refractivity (Wildman–Crippen MR) is 246 cm³/mol. The van der Waals surface area contributed by atoms with Crippen molar-refractivity contribution in [2.45, 2.75) is 85.9 Å². The molecule has 20 nitrogen and oxygen atoms in total. The molecule has 22 heteroatoms. The number of nitrogens with two attached hydrogens (primary N) is 3. The van der Waals surface area contributed by atoms with Gasteiger partial charge >= 0.3 is 6.03 Å². The summed E-state index contributed by atoms with van der Waals surface area (Å²) in [6.07, 6.45) is 6.68. The molecule has 0 aliphatic carbocycles. The van der Waals surface area contributed by atoms with Crippen molar-refractivity contribution in [1.29, 1.82) is 5.41 Å². The number of benzene rings is 2. The third-order valence-electron chi connectivity index (χ3n) is 10.8. The number of H-pyrrole nitrogens is 2. The van der Waals surface area contributed by atoms with E-state index in [0.717, 1.165) is 44.4 Å². The molecular formula is C42H56N14O6S2. The first kappa shape index (κ1) is 47.4. The largest absolute Gasteiger partial charge is 0.370 e. The van der Waals surface area contributed by atoms with Crippen LogP contribution in [0.25, 0.3) is 10.9 Å². The van der Waals surface area contributed by atoms with E-state index in [1.807, 2.05) is 54.6 Å². The number of para-hydroxylation sites is 1. The van der Waals surface area contributed by atoms with Gasteiger partial charge in [0.2, 0.25) is 23.6 Å². The number of imide groups is 1. The molecule has 15 N–H and O–H groups in total. The summed E-state index contributed by atoms with van der Waals surface area (Å²) in [6, 6.07) is 10.4. The number of hydrogen-bond donors (Lipinski definition) is 12. The standard InChI is InChI=1S/C42H56N14O6S2/c1-23(14-27-19-47-22-51-27)52-38(60)34-40(64-21-33-39(61)56(34)42(62)55-33)63-20-32(35(44)57)54-37(59)31(16-25-17-49-29-11-6-5-10-28(25)29)53-36(58)30(12-7-13-48-41(45)46)50-18-26(43)15-24-8-3-2-4-9-24/h2-6,8-11,17,19,22-23,26,30-34,40,49-50H,7,12-16,18,20-21,43H2,1H3,(H2,44,57)(H,47,51)(H,52,60)(H,53,58)(H,54,59)(H,55,62)(H4,45,46,48)/t23-,26-,30+,31+,32+,33+,34+,40?/m1/s1. The molecule has 2 aliphatic heterocycles. The molecule has 0 spiro atoms. The van der Waals surface area contributed by atoms with Crippen molar-refractivity contribution in [3.63, 3.8) is 0 Å². The molecule has 2 fully saturated rings. The minimum absolute atomic E-state index is 0.0391. The second kappa shape index (κ2) is 22.5. The Balaban J connectivity index is 1.18. The fraction of sp³-hybridized carbons (Fsp3) is 0.429. The highest BCUT2D eigenvalue weighted by Crippen LogP contribution is 2.36. The van der Waals surface area contributed by atoms with Crippen molar-refractivity contribution in [3.05, 3.63) is 90.1 Å². The van der Waals surface area contributed by atoms with Crippen molar-refractivity contribution in [2.24, 2.45) is 17.2 Å². The van der Waals surface area contributed by atoms with E-state index < -0.39 is 76.4 Å². The molecule has 1 unspecified atom stereocenters. The number of fused-ring (bicyclic) bond motifs is 3. The average molecular weight is 917 g/mol. The van der Waals surface area contributed by atoms with Crippen LogP contribution in [-0.4, -0.2) is 133 Å². The van der Waals surface area contributed by atoms with E-state index in [0.29, 0.717) is 32.2 Å². The zero-order chi connectivity index (χ0) is 45.8. The van der Waals surface area contributed by atoms with Gasteiger partial charge in [0.15, 0.2) is 5.96 Å². The number of thioether (sulfide) groups is 2. The van der Waals surface area contributed by atoms with Gasteiger partial charge in [0, 0.05) is 78.5 Å². The number of carbonyl (C=O) groups excluding carboxylic acids is 6. The van der Waals surface area contributed by atoms with Crippen LogP contribution in [0.4, 0.5) is 4.79 Å². The van der Waals surface area contributed by atoms with Crippen LogP contribution in [0.1, 0.15) is 36.6 Å². The Labute approximate surface area is 378 Å². The Morgan fingerprint density at radius 1 is 0.953 bits per heavy atom. The number of nitrogens with zero attached hydrogens (tertiary/aromatic N) is 2. The monoisotopic (exact) mass is 916 g/mol. The first-order chi connectivity index (χ1) is 30.8. The number of carbonyl (C=O) groups is 6. The van der Waals surface area contributed by atoms with E-state index in [9.17, 15) is 28.8 Å². The molecule has 2 bridgehead atoms. The maximum atomic E-state index is 14.4. The van der Waals surface area contributed by atoms with Gasteiger partial charge in [-0.1, -0.05) is 48.5 Å². The van der Waals surface area contributed by atoms with Crippen LogP contribution in [0.2, 0.25) is 0 Å². The number of hydrogen-bond acceptors (Lipinski definition) is 12. The lowest BCUT2D eigenvalue weighted by Gasteiger charge is -2.31. The van der Waals surface area contributed by atoms with Crippen LogP contribution in [0, 0.1) is 5.41 Å². The molecule has 2 aliphatic rings. The summed E-state index contributed by atoms with van der Waals surface area (Å²) in [5.74, 6) is -3.29. The van der Waals surface area contributed by atoms with Crippen LogP contribution in [-0.2, 0) is 43.2 Å². The van der Waals surface area contributed by atoms with Crippen molar-refractivity contribution < 1.29 is 28.8 Å². The highest BCUT2D eigenvalue weighted by molar-refractivity contribution is 8.17. The van der Waals surface area contributed by atoms with Crippen molar-refractivity contribution >= 4 is 76.0 Å². The lowest BCUT2D eigenvalue weighted by atomic mass is 10.0. The smallest absolute Gasteiger partial charge is 0.325 e. The maximum Gasteiger partial charge on any atom is 0.325 e. The third-order valence-corrected chi connectivity index (χ3v) is 13.9. The molecule has 8 atom stereocenters. The summed E-state index contributed by atoms with van der Waals surface area (Å²) in [7, 11) is 0. The van der Waals surface area contributed by atoms with E-state index in [1.54, 1.807) is 19.3 Å². The van der Waals surface area contributed by atoms with Gasteiger partial charge in [0.1, 0.15) is 24.2 Å². The molecule has 2 aromatic heterocycles. The second-order valence-corrected chi connectivity index (χ2v) is 18.5. The Hall–Kier alpha value is -6.10. The molecule has 4 heterocycles. The van der Waals surface area contributed by atoms with Gasteiger partial charge in [0.25, 0.3) is 5.91 Å². The Kier molecular flexibility index (Phi) is 16.7. The molecule has 4 aromatic rings. The maximum absolute atomic E-state index is 14.4. The number of aromatic amines is 2. The molecule has 342 valence electrons. The fourth-order valence-corrected chi connectivity index (χ4v) is 10.6. The summed E-state index contributed by atoms with van der Waals surface area (Å²) >= 11 is 2.39. The fourth-order valence-electron chi connectivity index (χ4n) is 7.61. The zero-order valence-corrected chi connectivity index (χ0v) is 36.9. The number of nitrogens with one attached hydrogen (secondary N) is 9. The van der Waals surface area contributed by atoms with Crippen LogP contribution in [0.3, 0.4) is 0 Å². The molecule has 2 aromatic carbocycles. The number of aromatic nitrogens is 3. The zero-order valence-electron chi connectivity index (χ0n) is 35.3. The molecule has 2 saturated heterocycles. The number of imidazole rings is 1. The van der Waals surface area contributed by atoms with Gasteiger partial charge < -0.3 is 59.1 Å². The van der Waals surface area contributed by atoms with Crippen LogP contribution in [0.15, 0.2) is 73.3 Å².